The van der Waals surface area contributed by atoms with Crippen LogP contribution in [0.1, 0.15) is 39.9 Å². The molecule has 3 aromatic carbocycles. The van der Waals surface area contributed by atoms with Gasteiger partial charge < -0.3 is 10.2 Å². The van der Waals surface area contributed by atoms with Crippen LogP contribution in [0.3, 0.4) is 0 Å². The second-order valence-electron chi connectivity index (χ2n) is 9.00. The van der Waals surface area contributed by atoms with Gasteiger partial charge in [-0.2, -0.15) is 5.10 Å². The molecule has 2 amide bonds. The molecule has 176 valence electrons. The summed E-state index contributed by atoms with van der Waals surface area (Å²) in [6, 6.07) is 27.6. The predicted molar refractivity (Wildman–Crippen MR) is 137 cm³/mol. The number of carbonyl (C=O) groups excluding carboxylic acids is 2. The highest BCUT2D eigenvalue weighted by molar-refractivity contribution is 6.04. The fourth-order valence-corrected chi connectivity index (χ4v) is 4.43. The van der Waals surface area contributed by atoms with Crippen LogP contribution in [0.2, 0.25) is 0 Å². The zero-order chi connectivity index (χ0) is 24.2. The Bertz CT molecular complexity index is 1360. The average Bonchev–Trinajstić information content (AvgIpc) is 3.45. The predicted octanol–water partition coefficient (Wildman–Crippen LogP) is 5.28. The van der Waals surface area contributed by atoms with Gasteiger partial charge in [-0.1, -0.05) is 66.2 Å². The lowest BCUT2D eigenvalue weighted by atomic mass is 10.1. The summed E-state index contributed by atoms with van der Waals surface area (Å²) in [5, 5.41) is 7.88. The normalized spacial score (nSPS) is 13.3. The van der Waals surface area contributed by atoms with E-state index in [4.69, 9.17) is 5.10 Å². The molecule has 0 aliphatic carbocycles. The molecule has 1 saturated heterocycles. The van der Waals surface area contributed by atoms with E-state index in [-0.39, 0.29) is 11.8 Å². The SMILES string of the molecule is Cc1cccc(-c2cc(NC(=O)c3cccc(CN4CCCC4=O)c3)n(Cc3ccccc3)n2)c1. The van der Waals surface area contributed by atoms with Crippen LogP contribution >= 0.6 is 0 Å². The van der Waals surface area contributed by atoms with Crippen LogP contribution in [-0.2, 0) is 17.9 Å². The van der Waals surface area contributed by atoms with E-state index in [9.17, 15) is 9.59 Å². The van der Waals surface area contributed by atoms with Gasteiger partial charge in [0, 0.05) is 36.7 Å². The minimum absolute atomic E-state index is 0.174. The first kappa shape index (κ1) is 22.6. The molecule has 0 saturated carbocycles. The first-order chi connectivity index (χ1) is 17.0. The summed E-state index contributed by atoms with van der Waals surface area (Å²) in [6.07, 6.45) is 1.50. The molecule has 2 heterocycles. The summed E-state index contributed by atoms with van der Waals surface area (Å²) in [6.45, 7) is 3.90. The lowest BCUT2D eigenvalue weighted by molar-refractivity contribution is -0.128. The molecular weight excluding hydrogens is 436 g/mol. The minimum Gasteiger partial charge on any atom is -0.338 e. The number of carbonyl (C=O) groups is 2. The maximum atomic E-state index is 13.2. The molecule has 0 spiro atoms. The van der Waals surface area contributed by atoms with Gasteiger partial charge in [0.05, 0.1) is 12.2 Å². The Morgan fingerprint density at radius 2 is 1.71 bits per heavy atom. The van der Waals surface area contributed by atoms with Crippen molar-refractivity contribution >= 4 is 17.6 Å². The van der Waals surface area contributed by atoms with Crippen molar-refractivity contribution in [3.63, 3.8) is 0 Å². The van der Waals surface area contributed by atoms with E-state index in [1.807, 2.05) is 76.3 Å². The van der Waals surface area contributed by atoms with E-state index in [2.05, 4.69) is 24.4 Å². The van der Waals surface area contributed by atoms with Crippen molar-refractivity contribution in [1.82, 2.24) is 14.7 Å². The maximum absolute atomic E-state index is 13.2. The van der Waals surface area contributed by atoms with Gasteiger partial charge in [-0.25, -0.2) is 4.68 Å². The second kappa shape index (κ2) is 9.97. The van der Waals surface area contributed by atoms with Crippen molar-refractivity contribution in [2.24, 2.45) is 0 Å². The van der Waals surface area contributed by atoms with Gasteiger partial charge in [-0.05, 0) is 42.7 Å². The minimum atomic E-state index is -0.204. The number of nitrogens with one attached hydrogen (secondary N) is 1. The van der Waals surface area contributed by atoms with Crippen LogP contribution in [0.25, 0.3) is 11.3 Å². The fourth-order valence-electron chi connectivity index (χ4n) is 4.43. The number of likely N-dealkylation sites (tertiary alicyclic amines) is 1. The van der Waals surface area contributed by atoms with Crippen molar-refractivity contribution in [1.29, 1.82) is 0 Å². The van der Waals surface area contributed by atoms with E-state index >= 15 is 0 Å². The molecule has 4 aromatic rings. The number of aromatic nitrogens is 2. The van der Waals surface area contributed by atoms with Crippen LogP contribution in [0.5, 0.6) is 0 Å². The molecule has 5 rings (SSSR count). The molecule has 6 heteroatoms. The monoisotopic (exact) mass is 464 g/mol. The molecule has 6 nitrogen and oxygen atoms in total. The highest BCUT2D eigenvalue weighted by Gasteiger charge is 2.20. The van der Waals surface area contributed by atoms with Gasteiger partial charge in [0.15, 0.2) is 0 Å². The topological polar surface area (TPSA) is 67.2 Å². The number of nitrogens with zero attached hydrogens (tertiary/aromatic N) is 3. The molecule has 1 fully saturated rings. The van der Waals surface area contributed by atoms with E-state index < -0.39 is 0 Å². The molecule has 0 bridgehead atoms. The molecule has 0 atom stereocenters. The second-order valence-corrected chi connectivity index (χ2v) is 9.00. The zero-order valence-electron chi connectivity index (χ0n) is 19.8. The van der Waals surface area contributed by atoms with Gasteiger partial charge in [-0.3, -0.25) is 9.59 Å². The number of amides is 2. The van der Waals surface area contributed by atoms with Crippen molar-refractivity contribution in [3.05, 3.63) is 107 Å². The van der Waals surface area contributed by atoms with Gasteiger partial charge in [0.2, 0.25) is 5.91 Å². The first-order valence-electron chi connectivity index (χ1n) is 11.9. The summed E-state index contributed by atoms with van der Waals surface area (Å²) in [7, 11) is 0. The smallest absolute Gasteiger partial charge is 0.256 e. The molecular formula is C29H28N4O2. The van der Waals surface area contributed by atoms with Crippen molar-refractivity contribution < 1.29 is 9.59 Å². The Labute approximate surface area is 205 Å². The Kier molecular flexibility index (Phi) is 6.44. The molecule has 1 aliphatic heterocycles. The Morgan fingerprint density at radius 3 is 2.49 bits per heavy atom. The zero-order valence-corrected chi connectivity index (χ0v) is 19.8. The molecule has 1 N–H and O–H groups in total. The van der Waals surface area contributed by atoms with E-state index in [1.54, 1.807) is 6.07 Å². The van der Waals surface area contributed by atoms with Gasteiger partial charge >= 0.3 is 0 Å². The quantitative estimate of drug-likeness (QED) is 0.405. The number of hydrogen-bond acceptors (Lipinski definition) is 3. The van der Waals surface area contributed by atoms with Crippen molar-refractivity contribution in [2.75, 3.05) is 11.9 Å². The number of rotatable bonds is 7. The number of benzene rings is 3. The first-order valence-corrected chi connectivity index (χ1v) is 11.9. The fraction of sp³-hybridized carbons (Fsp3) is 0.207. The van der Waals surface area contributed by atoms with Gasteiger partial charge in [0.25, 0.3) is 5.91 Å². The summed E-state index contributed by atoms with van der Waals surface area (Å²) >= 11 is 0. The van der Waals surface area contributed by atoms with Crippen molar-refractivity contribution in [3.8, 4) is 11.3 Å². The highest BCUT2D eigenvalue weighted by atomic mass is 16.2. The van der Waals surface area contributed by atoms with Crippen LogP contribution in [-0.4, -0.2) is 33.0 Å². The van der Waals surface area contributed by atoms with Gasteiger partial charge in [-0.15, -0.1) is 0 Å². The van der Waals surface area contributed by atoms with Crippen molar-refractivity contribution in [2.45, 2.75) is 32.9 Å². The van der Waals surface area contributed by atoms with Crippen LogP contribution in [0.4, 0.5) is 5.82 Å². The number of aryl methyl sites for hydroxylation is 1. The molecule has 0 radical (unpaired) electrons. The lowest BCUT2D eigenvalue weighted by Gasteiger charge is -2.16. The van der Waals surface area contributed by atoms with Gasteiger partial charge in [0.1, 0.15) is 5.82 Å². The highest BCUT2D eigenvalue weighted by Crippen LogP contribution is 2.24. The summed E-state index contributed by atoms with van der Waals surface area (Å²) in [4.78, 5) is 27.1. The molecule has 35 heavy (non-hydrogen) atoms. The Hall–Kier alpha value is -4.19. The summed E-state index contributed by atoms with van der Waals surface area (Å²) in [5.41, 5.74) is 5.56. The molecule has 1 aliphatic rings. The number of anilines is 1. The average molecular weight is 465 g/mol. The lowest BCUT2D eigenvalue weighted by Crippen LogP contribution is -2.24. The van der Waals surface area contributed by atoms with Crippen LogP contribution in [0, 0.1) is 6.92 Å². The Morgan fingerprint density at radius 1 is 0.914 bits per heavy atom. The summed E-state index contributed by atoms with van der Waals surface area (Å²) < 4.78 is 1.83. The van der Waals surface area contributed by atoms with Crippen LogP contribution in [0.15, 0.2) is 84.9 Å². The van der Waals surface area contributed by atoms with E-state index in [0.29, 0.717) is 30.9 Å². The standard InChI is InChI=1S/C29H28N4O2/c1-21-8-5-12-24(16-21)26-18-27(33(31-26)20-22-9-3-2-4-10-22)30-29(35)25-13-6-11-23(17-25)19-32-15-7-14-28(32)34/h2-6,8-13,16-18H,7,14-15,19-20H2,1H3,(H,30,35). The molecule has 1 aromatic heterocycles. The third kappa shape index (κ3) is 5.32. The third-order valence-electron chi connectivity index (χ3n) is 6.24. The number of hydrogen-bond donors (Lipinski definition) is 1. The molecule has 0 unspecified atom stereocenters. The van der Waals surface area contributed by atoms with E-state index in [1.165, 1.54) is 0 Å². The van der Waals surface area contributed by atoms with Crippen LogP contribution < -0.4 is 5.32 Å². The Balaban J connectivity index is 1.41. The summed E-state index contributed by atoms with van der Waals surface area (Å²) in [5.74, 6) is 0.605. The largest absolute Gasteiger partial charge is 0.338 e. The van der Waals surface area contributed by atoms with E-state index in [0.717, 1.165) is 40.9 Å². The maximum Gasteiger partial charge on any atom is 0.256 e. The third-order valence-corrected chi connectivity index (χ3v) is 6.24.